The lowest BCUT2D eigenvalue weighted by Gasteiger charge is -2.17. The Labute approximate surface area is 69.0 Å². The first-order chi connectivity index (χ1) is 5.45. The zero-order valence-electron chi connectivity index (χ0n) is 6.43. The molecule has 0 radical (unpaired) electrons. The molecule has 7 nitrogen and oxygen atoms in total. The van der Waals surface area contributed by atoms with Gasteiger partial charge in [0.25, 0.3) is 0 Å². The molecule has 0 bridgehead atoms. The molecule has 0 spiro atoms. The van der Waals surface area contributed by atoms with Crippen molar-refractivity contribution in [3.8, 4) is 0 Å². The number of primary amides is 1. The standard InChI is InChI=1S/C5H12N4O3/c6-4(10)2-1-3(5(11)12)9(7)8/h3H,1-2,7-8H2,(H2,6,10)(H,11,12). The SMILES string of the molecule is NC(=O)CCC(C(=O)O)N(N)N. The van der Waals surface area contributed by atoms with E-state index < -0.39 is 17.9 Å². The molecule has 0 fully saturated rings. The first-order valence-electron chi connectivity index (χ1n) is 3.25. The third-order valence-electron chi connectivity index (χ3n) is 1.31. The van der Waals surface area contributed by atoms with Crippen molar-refractivity contribution in [3.05, 3.63) is 0 Å². The molecule has 70 valence electrons. The summed E-state index contributed by atoms with van der Waals surface area (Å²) in [5.41, 5.74) is 4.81. The van der Waals surface area contributed by atoms with Gasteiger partial charge in [-0.1, -0.05) is 0 Å². The number of nitrogens with two attached hydrogens (primary N) is 3. The van der Waals surface area contributed by atoms with E-state index in [0.29, 0.717) is 5.12 Å². The van der Waals surface area contributed by atoms with Crippen LogP contribution in [-0.2, 0) is 9.59 Å². The summed E-state index contributed by atoms with van der Waals surface area (Å²) in [6, 6.07) is -1.07. The number of carboxylic acids is 1. The minimum Gasteiger partial charge on any atom is -0.480 e. The molecule has 0 aliphatic rings. The van der Waals surface area contributed by atoms with E-state index in [-0.39, 0.29) is 12.8 Å². The summed E-state index contributed by atoms with van der Waals surface area (Å²) in [7, 11) is 0. The van der Waals surface area contributed by atoms with Crippen molar-refractivity contribution in [2.45, 2.75) is 18.9 Å². The van der Waals surface area contributed by atoms with Crippen LogP contribution in [0.25, 0.3) is 0 Å². The number of hydrogen-bond donors (Lipinski definition) is 4. The van der Waals surface area contributed by atoms with Gasteiger partial charge < -0.3 is 10.8 Å². The van der Waals surface area contributed by atoms with E-state index >= 15 is 0 Å². The summed E-state index contributed by atoms with van der Waals surface area (Å²) in [4.78, 5) is 20.7. The second kappa shape index (κ2) is 4.65. The Morgan fingerprint density at radius 3 is 2.17 bits per heavy atom. The Morgan fingerprint density at radius 1 is 1.42 bits per heavy atom. The highest BCUT2D eigenvalue weighted by atomic mass is 16.4. The van der Waals surface area contributed by atoms with Gasteiger partial charge >= 0.3 is 5.97 Å². The highest BCUT2D eigenvalue weighted by Gasteiger charge is 2.21. The van der Waals surface area contributed by atoms with E-state index in [1.54, 1.807) is 0 Å². The second-order valence-electron chi connectivity index (χ2n) is 2.31. The number of nitrogens with zero attached hydrogens (tertiary/aromatic N) is 1. The molecular formula is C5H12N4O3. The van der Waals surface area contributed by atoms with Crippen LogP contribution in [0.15, 0.2) is 0 Å². The molecule has 1 unspecified atom stereocenters. The zero-order valence-corrected chi connectivity index (χ0v) is 6.43. The van der Waals surface area contributed by atoms with Crippen molar-refractivity contribution < 1.29 is 14.7 Å². The first kappa shape index (κ1) is 10.8. The van der Waals surface area contributed by atoms with Crippen LogP contribution in [0.2, 0.25) is 0 Å². The van der Waals surface area contributed by atoms with Crippen molar-refractivity contribution in [3.63, 3.8) is 0 Å². The number of amides is 1. The number of rotatable bonds is 5. The monoisotopic (exact) mass is 176 g/mol. The summed E-state index contributed by atoms with van der Waals surface area (Å²) in [5, 5.41) is 9.05. The topological polar surface area (TPSA) is 136 Å². The fourth-order valence-corrected chi connectivity index (χ4v) is 0.679. The van der Waals surface area contributed by atoms with Gasteiger partial charge in [0.2, 0.25) is 5.91 Å². The van der Waals surface area contributed by atoms with Gasteiger partial charge in [0.15, 0.2) is 0 Å². The molecule has 0 aromatic rings. The van der Waals surface area contributed by atoms with Gasteiger partial charge in [0.05, 0.1) is 0 Å². The van der Waals surface area contributed by atoms with Crippen LogP contribution in [0.3, 0.4) is 0 Å². The highest BCUT2D eigenvalue weighted by Crippen LogP contribution is 1.99. The van der Waals surface area contributed by atoms with Crippen LogP contribution in [0, 0.1) is 0 Å². The predicted molar refractivity (Wildman–Crippen MR) is 40.1 cm³/mol. The molecule has 0 saturated carbocycles. The molecule has 0 heterocycles. The highest BCUT2D eigenvalue weighted by molar-refractivity contribution is 5.77. The summed E-state index contributed by atoms with van der Waals surface area (Å²) in [6.07, 6.45) is -0.0421. The van der Waals surface area contributed by atoms with E-state index in [1.807, 2.05) is 0 Å². The number of hydrogen-bond acceptors (Lipinski definition) is 5. The minimum atomic E-state index is -1.18. The molecule has 7 heteroatoms. The molecule has 0 aromatic carbocycles. The largest absolute Gasteiger partial charge is 0.480 e. The van der Waals surface area contributed by atoms with Crippen LogP contribution < -0.4 is 17.4 Å². The normalized spacial score (nSPS) is 12.9. The number of carboxylic acid groups (broad SMARTS) is 1. The number of hydrazine groups is 2. The van der Waals surface area contributed by atoms with Gasteiger partial charge in [-0.05, 0) is 6.42 Å². The van der Waals surface area contributed by atoms with Crippen molar-refractivity contribution in [1.29, 1.82) is 0 Å². The lowest BCUT2D eigenvalue weighted by atomic mass is 10.1. The van der Waals surface area contributed by atoms with Gasteiger partial charge in [0, 0.05) is 6.42 Å². The fraction of sp³-hybridized carbons (Fsp3) is 0.600. The fourth-order valence-electron chi connectivity index (χ4n) is 0.679. The lowest BCUT2D eigenvalue weighted by Crippen LogP contribution is -2.50. The van der Waals surface area contributed by atoms with E-state index in [0.717, 1.165) is 0 Å². The number of carbonyl (C=O) groups excluding carboxylic acids is 1. The maximum absolute atomic E-state index is 10.4. The van der Waals surface area contributed by atoms with Crippen molar-refractivity contribution in [2.24, 2.45) is 17.4 Å². The molecular weight excluding hydrogens is 164 g/mol. The Bertz CT molecular complexity index is 182. The summed E-state index contributed by atoms with van der Waals surface area (Å²) >= 11 is 0. The van der Waals surface area contributed by atoms with Gasteiger partial charge in [-0.2, -0.15) is 5.12 Å². The van der Waals surface area contributed by atoms with E-state index in [2.05, 4.69) is 0 Å². The molecule has 1 atom stereocenters. The van der Waals surface area contributed by atoms with Crippen molar-refractivity contribution in [1.82, 2.24) is 5.12 Å². The van der Waals surface area contributed by atoms with Crippen molar-refractivity contribution >= 4 is 11.9 Å². The molecule has 0 aromatic heterocycles. The molecule has 12 heavy (non-hydrogen) atoms. The van der Waals surface area contributed by atoms with E-state index in [4.69, 9.17) is 22.5 Å². The van der Waals surface area contributed by atoms with Crippen LogP contribution in [0.5, 0.6) is 0 Å². The quantitative estimate of drug-likeness (QED) is 0.276. The Kier molecular flexibility index (Phi) is 4.19. The average molecular weight is 176 g/mol. The van der Waals surface area contributed by atoms with E-state index in [9.17, 15) is 9.59 Å². The van der Waals surface area contributed by atoms with Crippen LogP contribution in [0.4, 0.5) is 0 Å². The van der Waals surface area contributed by atoms with Crippen LogP contribution in [-0.4, -0.2) is 28.1 Å². The third kappa shape index (κ3) is 3.86. The van der Waals surface area contributed by atoms with Crippen molar-refractivity contribution in [2.75, 3.05) is 0 Å². The second-order valence-corrected chi connectivity index (χ2v) is 2.31. The minimum absolute atomic E-state index is 0.0116. The summed E-state index contributed by atoms with van der Waals surface area (Å²) in [6.45, 7) is 0. The predicted octanol–water partition coefficient (Wildman–Crippen LogP) is -2.25. The Balaban J connectivity index is 3.97. The average Bonchev–Trinajstić information content (AvgIpc) is 1.84. The molecule has 0 aliphatic carbocycles. The zero-order chi connectivity index (χ0) is 9.72. The maximum Gasteiger partial charge on any atom is 0.323 e. The lowest BCUT2D eigenvalue weighted by molar-refractivity contribution is -0.143. The summed E-state index contributed by atoms with van der Waals surface area (Å²) in [5.74, 6) is 8.24. The summed E-state index contributed by atoms with van der Waals surface area (Å²) < 4.78 is 0. The van der Waals surface area contributed by atoms with Gasteiger partial charge in [-0.15, -0.1) is 0 Å². The Morgan fingerprint density at radius 2 is 1.92 bits per heavy atom. The number of aliphatic carboxylic acids is 1. The number of carbonyl (C=O) groups is 2. The molecule has 0 saturated heterocycles. The van der Waals surface area contributed by atoms with Gasteiger partial charge in [-0.3, -0.25) is 21.3 Å². The molecule has 1 amide bonds. The molecule has 0 rings (SSSR count). The van der Waals surface area contributed by atoms with Gasteiger partial charge in [0.1, 0.15) is 6.04 Å². The van der Waals surface area contributed by atoms with Crippen LogP contribution >= 0.6 is 0 Å². The van der Waals surface area contributed by atoms with Gasteiger partial charge in [-0.25, -0.2) is 0 Å². The molecule has 7 N–H and O–H groups in total. The third-order valence-corrected chi connectivity index (χ3v) is 1.31. The first-order valence-corrected chi connectivity index (χ1v) is 3.25. The molecule has 0 aliphatic heterocycles. The maximum atomic E-state index is 10.4. The van der Waals surface area contributed by atoms with Crippen LogP contribution in [0.1, 0.15) is 12.8 Å². The van der Waals surface area contributed by atoms with E-state index in [1.165, 1.54) is 0 Å². The Hall–Kier alpha value is -1.18. The smallest absolute Gasteiger partial charge is 0.323 e.